The van der Waals surface area contributed by atoms with E-state index < -0.39 is 24.8 Å². The zero-order chi connectivity index (χ0) is 22.7. The summed E-state index contributed by atoms with van der Waals surface area (Å²) in [4.78, 5) is 29.4. The van der Waals surface area contributed by atoms with Gasteiger partial charge < -0.3 is 19.6 Å². The highest BCUT2D eigenvalue weighted by molar-refractivity contribution is 7.54. The van der Waals surface area contributed by atoms with Crippen LogP contribution in [0.4, 0.5) is 0 Å². The highest BCUT2D eigenvalue weighted by Crippen LogP contribution is 2.45. The molecule has 0 radical (unpaired) electrons. The molecular formula is C22H42ClO6P. The Hall–Kier alpha value is -0.390. The maximum atomic E-state index is 11.6. The molecule has 2 atom stereocenters. The van der Waals surface area contributed by atoms with E-state index in [1.54, 1.807) is 0 Å². The van der Waals surface area contributed by atoms with Crippen LogP contribution in [0.15, 0.2) is 12.2 Å². The van der Waals surface area contributed by atoms with Gasteiger partial charge in [-0.2, -0.15) is 0 Å². The van der Waals surface area contributed by atoms with Crippen molar-refractivity contribution in [2.75, 3.05) is 6.61 Å². The lowest BCUT2D eigenvalue weighted by molar-refractivity contribution is -0.146. The number of aliphatic hydroxyl groups excluding tert-OH is 1. The largest absolute Gasteiger partial charge is 0.463 e. The monoisotopic (exact) mass is 468 g/mol. The van der Waals surface area contributed by atoms with E-state index in [0.717, 1.165) is 32.1 Å². The number of allylic oxidation sites excluding steroid dienone is 2. The molecular weight excluding hydrogens is 427 g/mol. The number of halogens is 1. The molecule has 0 spiro atoms. The molecule has 6 nitrogen and oxygen atoms in total. The van der Waals surface area contributed by atoms with Gasteiger partial charge in [-0.25, -0.2) is 0 Å². The quantitative estimate of drug-likeness (QED) is 0.0659. The predicted molar refractivity (Wildman–Crippen MR) is 123 cm³/mol. The average molecular weight is 469 g/mol. The van der Waals surface area contributed by atoms with Gasteiger partial charge in [-0.15, -0.1) is 11.6 Å². The molecule has 0 aromatic heterocycles. The fourth-order valence-corrected chi connectivity index (χ4v) is 3.75. The second-order valence-electron chi connectivity index (χ2n) is 7.93. The maximum Gasteiger partial charge on any atom is 0.343 e. The summed E-state index contributed by atoms with van der Waals surface area (Å²) in [7, 11) is -4.44. The van der Waals surface area contributed by atoms with Crippen molar-refractivity contribution in [3.8, 4) is 0 Å². The number of hydrogen-bond donors (Lipinski definition) is 3. The van der Waals surface area contributed by atoms with Gasteiger partial charge in [-0.05, 0) is 32.1 Å². The molecule has 30 heavy (non-hydrogen) atoms. The molecule has 0 saturated heterocycles. The minimum atomic E-state index is -4.44. The molecule has 0 aromatic carbocycles. The fourth-order valence-electron chi connectivity index (χ4n) is 3.03. The molecule has 178 valence electrons. The Morgan fingerprint density at radius 2 is 1.43 bits per heavy atom. The van der Waals surface area contributed by atoms with Gasteiger partial charge in [0, 0.05) is 12.8 Å². The predicted octanol–water partition coefficient (Wildman–Crippen LogP) is 6.06. The van der Waals surface area contributed by atoms with Crippen LogP contribution in [0.1, 0.15) is 103 Å². The molecule has 0 bridgehead atoms. The van der Waals surface area contributed by atoms with Crippen LogP contribution in [-0.2, 0) is 14.1 Å². The Morgan fingerprint density at radius 3 is 1.97 bits per heavy atom. The van der Waals surface area contributed by atoms with Gasteiger partial charge in [0.2, 0.25) is 0 Å². The van der Waals surface area contributed by atoms with Crippen molar-refractivity contribution >= 4 is 25.2 Å². The second-order valence-corrected chi connectivity index (χ2v) is 10.6. The lowest BCUT2D eigenvalue weighted by Crippen LogP contribution is -2.22. The maximum absolute atomic E-state index is 11.6. The van der Waals surface area contributed by atoms with Crippen molar-refractivity contribution in [2.45, 2.75) is 114 Å². The molecule has 0 saturated carbocycles. The number of aliphatic hydroxyl groups is 1. The smallest absolute Gasteiger partial charge is 0.343 e. The van der Waals surface area contributed by atoms with Crippen LogP contribution in [0.25, 0.3) is 0 Å². The number of hydrogen-bond acceptors (Lipinski definition) is 4. The first kappa shape index (κ1) is 29.6. The zero-order valence-electron chi connectivity index (χ0n) is 18.5. The Labute approximate surface area is 187 Å². The van der Waals surface area contributed by atoms with Gasteiger partial charge in [0.15, 0.2) is 0 Å². The summed E-state index contributed by atoms with van der Waals surface area (Å²) in [6.45, 7) is 1.94. The zero-order valence-corrected chi connectivity index (χ0v) is 20.2. The minimum Gasteiger partial charge on any atom is -0.463 e. The van der Waals surface area contributed by atoms with Crippen molar-refractivity contribution in [1.82, 2.24) is 0 Å². The molecule has 0 heterocycles. The molecule has 0 aliphatic heterocycles. The lowest BCUT2D eigenvalue weighted by atomic mass is 10.1. The Balaban J connectivity index is 3.46. The number of carbonyl (C=O) groups excluding carboxylic acids is 1. The first-order valence-electron chi connectivity index (χ1n) is 11.4. The number of alkyl halides is 1. The number of rotatable bonds is 20. The van der Waals surface area contributed by atoms with Crippen molar-refractivity contribution in [1.29, 1.82) is 0 Å². The van der Waals surface area contributed by atoms with Crippen LogP contribution >= 0.6 is 19.2 Å². The molecule has 3 N–H and O–H groups in total. The van der Waals surface area contributed by atoms with Crippen molar-refractivity contribution in [3.63, 3.8) is 0 Å². The molecule has 0 aliphatic carbocycles. The standard InChI is InChI=1S/C22H42ClO6P/c1-2-3-4-5-6-7-8-9-10-11-12-13-14-15-16-17-22(25)29-19-20(24)18-21(23)30(26,27)28/h9-10,20-21,24H,2-8,11-19H2,1H3,(H2,26,27,28)/t20-,21?/m0/s1. The van der Waals surface area contributed by atoms with Crippen LogP contribution in [-0.4, -0.2) is 38.7 Å². The molecule has 0 amide bonds. The van der Waals surface area contributed by atoms with E-state index in [0.29, 0.717) is 0 Å². The summed E-state index contributed by atoms with van der Waals surface area (Å²) in [6.07, 6.45) is 18.8. The Bertz CT molecular complexity index is 494. The van der Waals surface area contributed by atoms with Crippen LogP contribution in [0.2, 0.25) is 0 Å². The van der Waals surface area contributed by atoms with E-state index in [-0.39, 0.29) is 19.4 Å². The van der Waals surface area contributed by atoms with E-state index in [9.17, 15) is 14.5 Å². The number of ether oxygens (including phenoxy) is 1. The van der Waals surface area contributed by atoms with Gasteiger partial charge in [-0.1, -0.05) is 70.4 Å². The topological polar surface area (TPSA) is 104 Å². The Kier molecular flexibility index (Phi) is 19.1. The summed E-state index contributed by atoms with van der Waals surface area (Å²) in [5.74, 6) is -0.408. The van der Waals surface area contributed by atoms with E-state index in [1.807, 2.05) is 0 Å². The van der Waals surface area contributed by atoms with Crippen molar-refractivity contribution in [2.24, 2.45) is 0 Å². The molecule has 0 fully saturated rings. The molecule has 0 aliphatic rings. The van der Waals surface area contributed by atoms with Crippen LogP contribution in [0, 0.1) is 0 Å². The summed E-state index contributed by atoms with van der Waals surface area (Å²) < 4.78 is 15.8. The van der Waals surface area contributed by atoms with Crippen LogP contribution < -0.4 is 0 Å². The van der Waals surface area contributed by atoms with Gasteiger partial charge in [0.05, 0.1) is 6.10 Å². The van der Waals surface area contributed by atoms with E-state index in [1.165, 1.54) is 51.4 Å². The summed E-state index contributed by atoms with van der Waals surface area (Å²) in [5, 5.41) is 8.15. The summed E-state index contributed by atoms with van der Waals surface area (Å²) in [5.41, 5.74) is 0. The highest BCUT2D eigenvalue weighted by atomic mass is 35.5. The van der Waals surface area contributed by atoms with Gasteiger partial charge in [0.25, 0.3) is 0 Å². The molecule has 1 unspecified atom stereocenters. The summed E-state index contributed by atoms with van der Waals surface area (Å²) >= 11 is 5.51. The highest BCUT2D eigenvalue weighted by Gasteiger charge is 2.29. The van der Waals surface area contributed by atoms with Crippen LogP contribution in [0.3, 0.4) is 0 Å². The average Bonchev–Trinajstić information content (AvgIpc) is 2.68. The molecule has 0 aromatic rings. The van der Waals surface area contributed by atoms with E-state index in [4.69, 9.17) is 26.1 Å². The van der Waals surface area contributed by atoms with Crippen LogP contribution in [0.5, 0.6) is 0 Å². The number of esters is 1. The van der Waals surface area contributed by atoms with Gasteiger partial charge >= 0.3 is 13.6 Å². The second kappa shape index (κ2) is 19.3. The molecule has 0 rings (SSSR count). The normalized spacial score (nSPS) is 14.2. The van der Waals surface area contributed by atoms with E-state index >= 15 is 0 Å². The first-order valence-corrected chi connectivity index (χ1v) is 13.6. The van der Waals surface area contributed by atoms with Crippen molar-refractivity contribution < 1.29 is 29.0 Å². The molecule has 8 heteroatoms. The first-order chi connectivity index (χ1) is 14.3. The number of unbranched alkanes of at least 4 members (excludes halogenated alkanes) is 11. The fraction of sp³-hybridized carbons (Fsp3) is 0.864. The third-order valence-corrected chi connectivity index (χ3v) is 6.79. The SMILES string of the molecule is CCCCCCCCC=CCCCCCCCC(=O)OC[C@@H](O)CC(Cl)P(=O)(O)O. The van der Waals surface area contributed by atoms with Crippen molar-refractivity contribution in [3.05, 3.63) is 12.2 Å². The lowest BCUT2D eigenvalue weighted by Gasteiger charge is -2.16. The summed E-state index contributed by atoms with van der Waals surface area (Å²) in [6, 6.07) is 0. The Morgan fingerprint density at radius 1 is 0.933 bits per heavy atom. The van der Waals surface area contributed by atoms with Gasteiger partial charge in [-0.3, -0.25) is 9.36 Å². The van der Waals surface area contributed by atoms with E-state index in [2.05, 4.69) is 19.1 Å². The van der Waals surface area contributed by atoms with Gasteiger partial charge in [0.1, 0.15) is 11.7 Å². The third kappa shape index (κ3) is 19.6. The number of carbonyl (C=O) groups is 1. The third-order valence-electron chi connectivity index (χ3n) is 4.91. The minimum absolute atomic E-state index is 0.285.